The Morgan fingerprint density at radius 1 is 0.468 bits per heavy atom. The molecule has 0 unspecified atom stereocenters. The molecule has 0 aliphatic heterocycles. The van der Waals surface area contributed by atoms with Gasteiger partial charge in [0.25, 0.3) is 0 Å². The molecule has 0 heterocycles. The zero-order valence-corrected chi connectivity index (χ0v) is 28.5. The van der Waals surface area contributed by atoms with Gasteiger partial charge in [-0.1, -0.05) is 142 Å². The van der Waals surface area contributed by atoms with E-state index in [0.717, 1.165) is 24.2 Å². The van der Waals surface area contributed by atoms with E-state index in [1.807, 2.05) is 0 Å². The number of unbranched alkanes of at least 4 members (excludes halogenated alkanes) is 2. The van der Waals surface area contributed by atoms with Crippen LogP contribution in [0.4, 0.5) is 28.4 Å². The Morgan fingerprint density at radius 2 is 0.915 bits per heavy atom. The quantitative estimate of drug-likeness (QED) is 0.127. The van der Waals surface area contributed by atoms with Gasteiger partial charge in [-0.05, 0) is 79.4 Å². The van der Waals surface area contributed by atoms with Crippen LogP contribution in [0.1, 0.15) is 69.1 Å². The van der Waals surface area contributed by atoms with Crippen LogP contribution in [0.15, 0.2) is 146 Å². The van der Waals surface area contributed by atoms with E-state index in [1.54, 1.807) is 0 Å². The molecule has 47 heavy (non-hydrogen) atoms. The summed E-state index contributed by atoms with van der Waals surface area (Å²) in [7, 11) is 2.15. The van der Waals surface area contributed by atoms with E-state index in [1.165, 1.54) is 70.2 Å². The van der Waals surface area contributed by atoms with Gasteiger partial charge in [-0.25, -0.2) is 0 Å². The van der Waals surface area contributed by atoms with Gasteiger partial charge in [-0.2, -0.15) is 0 Å². The zero-order valence-electron chi connectivity index (χ0n) is 28.5. The lowest BCUT2D eigenvalue weighted by Crippen LogP contribution is -2.28. The number of nitrogens with zero attached hydrogens (tertiary/aromatic N) is 2. The van der Waals surface area contributed by atoms with Crippen molar-refractivity contribution in [3.05, 3.63) is 162 Å². The van der Waals surface area contributed by atoms with Crippen molar-refractivity contribution in [2.45, 2.75) is 64.7 Å². The summed E-state index contributed by atoms with van der Waals surface area (Å²) in [4.78, 5) is 4.70. The van der Waals surface area contributed by atoms with Gasteiger partial charge in [0.05, 0.1) is 5.69 Å². The molecule has 0 N–H and O–H groups in total. The van der Waals surface area contributed by atoms with Gasteiger partial charge < -0.3 is 9.80 Å². The van der Waals surface area contributed by atoms with Crippen molar-refractivity contribution in [3.63, 3.8) is 0 Å². The van der Waals surface area contributed by atoms with Crippen molar-refractivity contribution >= 4 is 39.2 Å². The second kappa shape index (κ2) is 14.7. The maximum Gasteiger partial charge on any atom is 0.0541 e. The number of fused-ring (bicyclic) bond motifs is 1. The fourth-order valence-corrected chi connectivity index (χ4v) is 7.18. The Balaban J connectivity index is 1.48. The van der Waals surface area contributed by atoms with E-state index in [0.29, 0.717) is 0 Å². The lowest BCUT2D eigenvalue weighted by molar-refractivity contribution is 0.406. The van der Waals surface area contributed by atoms with E-state index in [2.05, 4.69) is 183 Å². The Hall–Kier alpha value is -4.82. The van der Waals surface area contributed by atoms with Crippen molar-refractivity contribution in [1.29, 1.82) is 0 Å². The molecular formula is C45H48N2. The van der Waals surface area contributed by atoms with Crippen molar-refractivity contribution in [1.82, 2.24) is 0 Å². The third kappa shape index (κ3) is 6.69. The number of aryl methyl sites for hydroxylation is 1. The van der Waals surface area contributed by atoms with Gasteiger partial charge in [0.1, 0.15) is 0 Å². The minimum absolute atomic E-state index is 0.00615. The molecule has 0 atom stereocenters. The molecule has 0 aliphatic rings. The van der Waals surface area contributed by atoms with Crippen LogP contribution < -0.4 is 9.80 Å². The highest BCUT2D eigenvalue weighted by atomic mass is 15.1. The van der Waals surface area contributed by atoms with Gasteiger partial charge in [0.15, 0.2) is 0 Å². The minimum Gasteiger partial charge on any atom is -0.344 e. The molecule has 0 saturated carbocycles. The molecule has 0 aliphatic carbocycles. The van der Waals surface area contributed by atoms with Crippen molar-refractivity contribution in [2.24, 2.45) is 0 Å². The van der Waals surface area contributed by atoms with Gasteiger partial charge in [-0.3, -0.25) is 0 Å². The molecule has 6 aromatic rings. The molecule has 2 nitrogen and oxygen atoms in total. The highest BCUT2D eigenvalue weighted by Crippen LogP contribution is 2.45. The van der Waals surface area contributed by atoms with Crippen LogP contribution in [0, 0.1) is 6.92 Å². The second-order valence-electron chi connectivity index (χ2n) is 12.9. The van der Waals surface area contributed by atoms with Gasteiger partial charge in [-0.15, -0.1) is 0 Å². The molecule has 0 bridgehead atoms. The van der Waals surface area contributed by atoms with Gasteiger partial charge in [0, 0.05) is 46.0 Å². The number of hydrogen-bond acceptors (Lipinski definition) is 2. The molecule has 0 fully saturated rings. The summed E-state index contributed by atoms with van der Waals surface area (Å²) in [6.07, 6.45) is 7.14. The first-order valence-corrected chi connectivity index (χ1v) is 17.4. The van der Waals surface area contributed by atoms with Crippen LogP contribution in [0.25, 0.3) is 10.8 Å². The van der Waals surface area contributed by atoms with Gasteiger partial charge in [0.2, 0.25) is 0 Å². The van der Waals surface area contributed by atoms with Crippen LogP contribution in [-0.4, -0.2) is 7.05 Å². The SMILES string of the molecule is CCCCC(CCCC)(c1ccc(C)cc1)c1ccc(N(c2ccccc2)c2ccc(N(C)c3ccccc3)c3ccccc23)cc1. The minimum atomic E-state index is 0.00615. The summed E-state index contributed by atoms with van der Waals surface area (Å²) in [6, 6.07) is 53.6. The molecule has 6 aromatic carbocycles. The number of anilines is 5. The van der Waals surface area contributed by atoms with Crippen LogP contribution in [0.3, 0.4) is 0 Å². The fraction of sp³-hybridized carbons (Fsp3) is 0.244. The van der Waals surface area contributed by atoms with Crippen LogP contribution in [0.5, 0.6) is 0 Å². The maximum absolute atomic E-state index is 2.42. The molecule has 0 amide bonds. The molecule has 0 saturated heterocycles. The predicted molar refractivity (Wildman–Crippen MR) is 204 cm³/mol. The number of rotatable bonds is 13. The highest BCUT2D eigenvalue weighted by Gasteiger charge is 2.33. The molecule has 0 radical (unpaired) electrons. The van der Waals surface area contributed by atoms with E-state index in [9.17, 15) is 0 Å². The Bertz CT molecular complexity index is 1850. The first-order valence-electron chi connectivity index (χ1n) is 17.4. The molecule has 0 spiro atoms. The van der Waals surface area contributed by atoms with E-state index in [4.69, 9.17) is 0 Å². The summed E-state index contributed by atoms with van der Waals surface area (Å²) < 4.78 is 0. The van der Waals surface area contributed by atoms with E-state index >= 15 is 0 Å². The average Bonchev–Trinajstić information content (AvgIpc) is 3.13. The van der Waals surface area contributed by atoms with Crippen molar-refractivity contribution < 1.29 is 0 Å². The lowest BCUT2D eigenvalue weighted by Gasteiger charge is -2.36. The first kappa shape index (κ1) is 32.1. The third-order valence-corrected chi connectivity index (χ3v) is 9.83. The number of para-hydroxylation sites is 2. The topological polar surface area (TPSA) is 6.48 Å². The van der Waals surface area contributed by atoms with E-state index < -0.39 is 0 Å². The fourth-order valence-electron chi connectivity index (χ4n) is 7.18. The number of benzene rings is 6. The Kier molecular flexibility index (Phi) is 10.1. The normalized spacial score (nSPS) is 11.5. The van der Waals surface area contributed by atoms with E-state index in [-0.39, 0.29) is 5.41 Å². The van der Waals surface area contributed by atoms with Crippen LogP contribution >= 0.6 is 0 Å². The largest absolute Gasteiger partial charge is 0.344 e. The van der Waals surface area contributed by atoms with Gasteiger partial charge >= 0.3 is 0 Å². The Morgan fingerprint density at radius 3 is 1.47 bits per heavy atom. The molecule has 2 heteroatoms. The monoisotopic (exact) mass is 616 g/mol. The molecule has 6 rings (SSSR count). The first-order chi connectivity index (χ1) is 23.1. The van der Waals surface area contributed by atoms with Crippen molar-refractivity contribution in [2.75, 3.05) is 16.8 Å². The lowest BCUT2D eigenvalue weighted by atomic mass is 9.68. The summed E-state index contributed by atoms with van der Waals surface area (Å²) in [6.45, 7) is 6.81. The summed E-state index contributed by atoms with van der Waals surface area (Å²) >= 11 is 0. The maximum atomic E-state index is 2.42. The second-order valence-corrected chi connectivity index (χ2v) is 12.9. The van der Waals surface area contributed by atoms with Crippen LogP contribution in [-0.2, 0) is 5.41 Å². The molecule has 0 aromatic heterocycles. The molecular weight excluding hydrogens is 569 g/mol. The summed E-state index contributed by atoms with van der Waals surface area (Å²) in [5.74, 6) is 0. The van der Waals surface area contributed by atoms with Crippen LogP contribution in [0.2, 0.25) is 0 Å². The molecule has 238 valence electrons. The van der Waals surface area contributed by atoms with Crippen molar-refractivity contribution in [3.8, 4) is 0 Å². The average molecular weight is 617 g/mol. The summed E-state index contributed by atoms with van der Waals surface area (Å²) in [5.41, 5.74) is 10.0. The predicted octanol–water partition coefficient (Wildman–Crippen LogP) is 13.1. The number of hydrogen-bond donors (Lipinski definition) is 0. The highest BCUT2D eigenvalue weighted by molar-refractivity contribution is 6.06. The summed E-state index contributed by atoms with van der Waals surface area (Å²) in [5, 5.41) is 2.45. The standard InChI is InChI=1S/C45H48N2/c1-5-7-33-45(34-8-6-2,36-25-23-35(3)24-26-36)37-27-29-40(30-28-37)47(39-19-13-10-14-20-39)44-32-31-43(41-21-15-16-22-42(41)44)46(4)38-17-11-9-12-18-38/h9-32H,5-8,33-34H2,1-4H3. The third-order valence-electron chi connectivity index (χ3n) is 9.83. The Labute approximate surface area is 282 Å². The smallest absolute Gasteiger partial charge is 0.0541 e. The zero-order chi connectivity index (χ0) is 32.6.